The third-order valence-electron chi connectivity index (χ3n) is 2.21. The number of methoxy groups -OCH3 is 1. The van der Waals surface area contributed by atoms with E-state index in [2.05, 4.69) is 4.74 Å². The Balaban J connectivity index is 4.52. The molecule has 2 N–H and O–H groups in total. The van der Waals surface area contributed by atoms with Crippen molar-refractivity contribution in [2.45, 2.75) is 26.8 Å². The highest BCUT2D eigenvalue weighted by molar-refractivity contribution is 5.83. The molecule has 1 unspecified atom stereocenters. The van der Waals surface area contributed by atoms with E-state index in [-0.39, 0.29) is 31.0 Å². The van der Waals surface area contributed by atoms with Crippen LogP contribution < -0.4 is 5.73 Å². The Morgan fingerprint density at radius 1 is 1.33 bits per heavy atom. The number of hydrogen-bond acceptors (Lipinski definition) is 4. The lowest BCUT2D eigenvalue weighted by Crippen LogP contribution is -2.45. The van der Waals surface area contributed by atoms with Crippen LogP contribution in [0.4, 0.5) is 0 Å². The van der Waals surface area contributed by atoms with Crippen LogP contribution in [-0.2, 0) is 14.3 Å². The van der Waals surface area contributed by atoms with Gasteiger partial charge < -0.3 is 15.4 Å². The quantitative estimate of drug-likeness (QED) is 0.656. The minimum atomic E-state index is -0.415. The van der Waals surface area contributed by atoms with E-state index in [9.17, 15) is 9.59 Å². The zero-order valence-electron chi connectivity index (χ0n) is 9.82. The Kier molecular flexibility index (Phi) is 5.93. The van der Waals surface area contributed by atoms with E-state index < -0.39 is 5.97 Å². The van der Waals surface area contributed by atoms with Crippen LogP contribution in [0.2, 0.25) is 0 Å². The molecule has 88 valence electrons. The van der Waals surface area contributed by atoms with Crippen molar-refractivity contribution in [1.82, 2.24) is 4.90 Å². The first-order valence-electron chi connectivity index (χ1n) is 5.01. The van der Waals surface area contributed by atoms with Crippen LogP contribution in [-0.4, -0.2) is 43.0 Å². The van der Waals surface area contributed by atoms with E-state index in [0.29, 0.717) is 0 Å². The van der Waals surface area contributed by atoms with Crippen LogP contribution in [0, 0.1) is 5.92 Å². The Bertz CT molecular complexity index is 229. The number of nitrogens with zero attached hydrogens (tertiary/aromatic N) is 1. The Morgan fingerprint density at radius 2 is 1.87 bits per heavy atom. The summed E-state index contributed by atoms with van der Waals surface area (Å²) < 4.78 is 4.53. The van der Waals surface area contributed by atoms with Crippen molar-refractivity contribution in [3.63, 3.8) is 0 Å². The normalized spacial score (nSPS) is 12.4. The van der Waals surface area contributed by atoms with E-state index in [1.807, 2.05) is 13.8 Å². The van der Waals surface area contributed by atoms with Crippen LogP contribution in [0.15, 0.2) is 0 Å². The van der Waals surface area contributed by atoms with Crippen LogP contribution in [0.1, 0.15) is 20.8 Å². The number of amides is 1. The molecule has 0 fully saturated rings. The van der Waals surface area contributed by atoms with Crippen LogP contribution in [0.25, 0.3) is 0 Å². The number of ether oxygens (including phenoxy) is 1. The molecule has 0 aromatic heterocycles. The number of esters is 1. The molecule has 5 heteroatoms. The monoisotopic (exact) mass is 216 g/mol. The van der Waals surface area contributed by atoms with Gasteiger partial charge in [0.2, 0.25) is 5.91 Å². The van der Waals surface area contributed by atoms with Gasteiger partial charge in [-0.1, -0.05) is 6.92 Å². The van der Waals surface area contributed by atoms with Gasteiger partial charge >= 0.3 is 5.97 Å². The smallest absolute Gasteiger partial charge is 0.325 e. The zero-order chi connectivity index (χ0) is 12.0. The van der Waals surface area contributed by atoms with Gasteiger partial charge in [0.25, 0.3) is 0 Å². The van der Waals surface area contributed by atoms with Crippen molar-refractivity contribution >= 4 is 11.9 Å². The van der Waals surface area contributed by atoms with E-state index in [4.69, 9.17) is 5.73 Å². The highest BCUT2D eigenvalue weighted by atomic mass is 16.5. The Labute approximate surface area is 90.6 Å². The molecular weight excluding hydrogens is 196 g/mol. The summed E-state index contributed by atoms with van der Waals surface area (Å²) >= 11 is 0. The number of hydrogen-bond donors (Lipinski definition) is 1. The van der Waals surface area contributed by atoms with Crippen molar-refractivity contribution < 1.29 is 14.3 Å². The lowest BCUT2D eigenvalue weighted by atomic mass is 10.1. The molecule has 0 aliphatic rings. The van der Waals surface area contributed by atoms with Gasteiger partial charge in [0.1, 0.15) is 6.54 Å². The van der Waals surface area contributed by atoms with Crippen LogP contribution in [0.5, 0.6) is 0 Å². The lowest BCUT2D eigenvalue weighted by Gasteiger charge is -2.27. The molecule has 0 spiro atoms. The third kappa shape index (κ3) is 4.29. The molecule has 0 aromatic carbocycles. The fourth-order valence-corrected chi connectivity index (χ4v) is 1.10. The SMILES string of the molecule is COC(=O)CN(C(=O)C(C)CN)C(C)C. The van der Waals surface area contributed by atoms with Crippen molar-refractivity contribution in [1.29, 1.82) is 0 Å². The van der Waals surface area contributed by atoms with E-state index in [1.165, 1.54) is 12.0 Å². The van der Waals surface area contributed by atoms with Crippen LogP contribution >= 0.6 is 0 Å². The van der Waals surface area contributed by atoms with Gasteiger partial charge in [0.05, 0.1) is 7.11 Å². The molecule has 0 bridgehead atoms. The minimum absolute atomic E-state index is 0.0165. The fourth-order valence-electron chi connectivity index (χ4n) is 1.10. The third-order valence-corrected chi connectivity index (χ3v) is 2.21. The van der Waals surface area contributed by atoms with Gasteiger partial charge in [-0.05, 0) is 13.8 Å². The predicted molar refractivity (Wildman–Crippen MR) is 57.1 cm³/mol. The van der Waals surface area contributed by atoms with E-state index in [1.54, 1.807) is 6.92 Å². The predicted octanol–water partition coefficient (Wildman–Crippen LogP) is -0.00880. The molecule has 1 atom stereocenters. The molecule has 0 aliphatic heterocycles. The molecule has 0 rings (SSSR count). The van der Waals surface area contributed by atoms with Gasteiger partial charge in [0.15, 0.2) is 0 Å². The largest absolute Gasteiger partial charge is 0.468 e. The molecule has 0 heterocycles. The van der Waals surface area contributed by atoms with Gasteiger partial charge in [-0.3, -0.25) is 9.59 Å². The molecule has 5 nitrogen and oxygen atoms in total. The maximum Gasteiger partial charge on any atom is 0.325 e. The van der Waals surface area contributed by atoms with Crippen molar-refractivity contribution in [3.05, 3.63) is 0 Å². The minimum Gasteiger partial charge on any atom is -0.468 e. The van der Waals surface area contributed by atoms with Crippen molar-refractivity contribution in [3.8, 4) is 0 Å². The average Bonchev–Trinajstić information content (AvgIpc) is 2.22. The summed E-state index contributed by atoms with van der Waals surface area (Å²) in [6, 6.07) is -0.0365. The second-order valence-electron chi connectivity index (χ2n) is 3.77. The van der Waals surface area contributed by atoms with Gasteiger partial charge in [-0.15, -0.1) is 0 Å². The standard InChI is InChI=1S/C10H20N2O3/c1-7(2)12(6-9(13)15-4)10(14)8(3)5-11/h7-8H,5-6,11H2,1-4H3. The number of nitrogens with two attached hydrogens (primary N) is 1. The summed E-state index contributed by atoms with van der Waals surface area (Å²) in [5.41, 5.74) is 5.41. The number of rotatable bonds is 5. The fraction of sp³-hybridized carbons (Fsp3) is 0.800. The van der Waals surface area contributed by atoms with Gasteiger partial charge in [0, 0.05) is 18.5 Å². The molecule has 15 heavy (non-hydrogen) atoms. The molecular formula is C10H20N2O3. The molecule has 1 amide bonds. The second-order valence-corrected chi connectivity index (χ2v) is 3.77. The number of carbonyl (C=O) groups is 2. The number of carbonyl (C=O) groups excluding carboxylic acids is 2. The average molecular weight is 216 g/mol. The molecule has 0 saturated heterocycles. The Morgan fingerprint density at radius 3 is 2.20 bits per heavy atom. The molecule has 0 radical (unpaired) electrons. The topological polar surface area (TPSA) is 72.6 Å². The molecule has 0 aliphatic carbocycles. The zero-order valence-corrected chi connectivity index (χ0v) is 9.82. The summed E-state index contributed by atoms with van der Waals surface area (Å²) in [7, 11) is 1.30. The van der Waals surface area contributed by atoms with Gasteiger partial charge in [-0.2, -0.15) is 0 Å². The van der Waals surface area contributed by atoms with Crippen molar-refractivity contribution in [2.75, 3.05) is 20.2 Å². The summed E-state index contributed by atoms with van der Waals surface area (Å²) in [6.45, 7) is 5.71. The second kappa shape index (κ2) is 6.40. The van der Waals surface area contributed by atoms with Crippen molar-refractivity contribution in [2.24, 2.45) is 11.7 Å². The summed E-state index contributed by atoms with van der Waals surface area (Å²) in [4.78, 5) is 24.4. The lowest BCUT2D eigenvalue weighted by molar-refractivity contribution is -0.149. The maximum absolute atomic E-state index is 11.8. The molecule has 0 aromatic rings. The molecule has 0 saturated carbocycles. The maximum atomic E-state index is 11.8. The van der Waals surface area contributed by atoms with E-state index >= 15 is 0 Å². The first kappa shape index (κ1) is 13.9. The van der Waals surface area contributed by atoms with E-state index in [0.717, 1.165) is 0 Å². The highest BCUT2D eigenvalue weighted by Crippen LogP contribution is 2.06. The summed E-state index contributed by atoms with van der Waals surface area (Å²) in [6.07, 6.45) is 0. The Hall–Kier alpha value is -1.10. The summed E-state index contributed by atoms with van der Waals surface area (Å²) in [5, 5.41) is 0. The first-order chi connectivity index (χ1) is 6.93. The van der Waals surface area contributed by atoms with Crippen LogP contribution in [0.3, 0.4) is 0 Å². The summed E-state index contributed by atoms with van der Waals surface area (Å²) in [5.74, 6) is -0.795. The van der Waals surface area contributed by atoms with Gasteiger partial charge in [-0.25, -0.2) is 0 Å². The first-order valence-corrected chi connectivity index (χ1v) is 5.01. The highest BCUT2D eigenvalue weighted by Gasteiger charge is 2.24.